The van der Waals surface area contributed by atoms with Crippen molar-refractivity contribution in [3.63, 3.8) is 0 Å². The van der Waals surface area contributed by atoms with E-state index in [0.717, 1.165) is 22.5 Å². The van der Waals surface area contributed by atoms with Crippen LogP contribution >= 0.6 is 11.3 Å². The third kappa shape index (κ3) is 4.09. The fourth-order valence-electron chi connectivity index (χ4n) is 3.93. The summed E-state index contributed by atoms with van der Waals surface area (Å²) in [5.74, 6) is -0.217. The molecule has 1 atom stereocenters. The number of β-amino-alcohol motifs (C(OH)–C–C–N with tert-alkyl or cyclic N) is 1. The molecule has 4 aromatic rings. The maximum Gasteiger partial charge on any atom is 0.284 e. The molecule has 4 aromatic heterocycles. The number of nitriles is 1. The Morgan fingerprint density at radius 3 is 2.88 bits per heavy atom. The van der Waals surface area contributed by atoms with E-state index in [0.29, 0.717) is 40.8 Å². The first-order valence-electron chi connectivity index (χ1n) is 10.9. The van der Waals surface area contributed by atoms with E-state index in [2.05, 4.69) is 31.7 Å². The van der Waals surface area contributed by atoms with Crippen molar-refractivity contribution in [2.75, 3.05) is 18.4 Å². The minimum Gasteiger partial charge on any atom is -0.391 e. The molecule has 10 nitrogen and oxygen atoms in total. The van der Waals surface area contributed by atoms with E-state index in [-0.39, 0.29) is 11.9 Å². The summed E-state index contributed by atoms with van der Waals surface area (Å²) >= 11 is 1.21. The number of hydrogen-bond donors (Lipinski definition) is 2. The van der Waals surface area contributed by atoms with Crippen molar-refractivity contribution in [3.8, 4) is 28.0 Å². The zero-order chi connectivity index (χ0) is 23.8. The van der Waals surface area contributed by atoms with Gasteiger partial charge in [0, 0.05) is 31.0 Å². The quantitative estimate of drug-likeness (QED) is 0.451. The maximum atomic E-state index is 12.7. The lowest BCUT2D eigenvalue weighted by Gasteiger charge is -2.14. The molecule has 0 spiro atoms. The third-order valence-corrected chi connectivity index (χ3v) is 6.47. The fraction of sp³-hybridized carbons (Fsp3) is 0.304. The normalized spacial score (nSPS) is 15.7. The van der Waals surface area contributed by atoms with Crippen molar-refractivity contribution in [1.82, 2.24) is 29.7 Å². The molecule has 1 saturated heterocycles. The van der Waals surface area contributed by atoms with Crippen LogP contribution in [0.5, 0.6) is 0 Å². The largest absolute Gasteiger partial charge is 0.391 e. The number of aliphatic hydroxyl groups excluding tert-OH is 1. The van der Waals surface area contributed by atoms with Gasteiger partial charge in [-0.05, 0) is 44.5 Å². The Hall–Kier alpha value is -3.88. The van der Waals surface area contributed by atoms with Crippen LogP contribution in [0.25, 0.3) is 27.5 Å². The molecule has 0 unspecified atom stereocenters. The molecule has 34 heavy (non-hydrogen) atoms. The van der Waals surface area contributed by atoms with Crippen LogP contribution in [0.15, 0.2) is 36.7 Å². The van der Waals surface area contributed by atoms with Gasteiger partial charge in [-0.25, -0.2) is 4.52 Å². The van der Waals surface area contributed by atoms with Crippen molar-refractivity contribution in [2.24, 2.45) is 0 Å². The summed E-state index contributed by atoms with van der Waals surface area (Å²) < 4.78 is 1.74. The number of pyridine rings is 1. The summed E-state index contributed by atoms with van der Waals surface area (Å²) in [5.41, 5.74) is 4.35. The second-order valence-corrected chi connectivity index (χ2v) is 9.41. The molecule has 5 heterocycles. The van der Waals surface area contributed by atoms with Crippen LogP contribution in [0.4, 0.5) is 5.69 Å². The van der Waals surface area contributed by atoms with Crippen molar-refractivity contribution in [1.29, 1.82) is 5.26 Å². The van der Waals surface area contributed by atoms with Crippen LogP contribution in [0.3, 0.4) is 0 Å². The lowest BCUT2D eigenvalue weighted by Crippen LogP contribution is -2.29. The summed E-state index contributed by atoms with van der Waals surface area (Å²) in [6.07, 6.45) is 3.34. The molecule has 1 fully saturated rings. The van der Waals surface area contributed by atoms with Crippen LogP contribution < -0.4 is 5.32 Å². The third-order valence-electron chi connectivity index (χ3n) is 5.53. The molecule has 1 aliphatic heterocycles. The first kappa shape index (κ1) is 21.9. The van der Waals surface area contributed by atoms with Gasteiger partial charge in [-0.15, -0.1) is 10.2 Å². The van der Waals surface area contributed by atoms with Gasteiger partial charge in [-0.1, -0.05) is 11.3 Å². The second kappa shape index (κ2) is 8.81. The van der Waals surface area contributed by atoms with Gasteiger partial charge in [0.2, 0.25) is 5.01 Å². The molecule has 0 bridgehead atoms. The van der Waals surface area contributed by atoms with Crippen molar-refractivity contribution < 1.29 is 9.90 Å². The van der Waals surface area contributed by atoms with E-state index >= 15 is 0 Å². The highest BCUT2D eigenvalue weighted by atomic mass is 32.1. The summed E-state index contributed by atoms with van der Waals surface area (Å²) in [6, 6.07) is 9.76. The van der Waals surface area contributed by atoms with Gasteiger partial charge in [0.1, 0.15) is 6.07 Å². The minimum atomic E-state index is -0.485. The van der Waals surface area contributed by atoms with Crippen LogP contribution in [0.1, 0.15) is 35.6 Å². The molecular formula is C23H22N8O2S. The zero-order valence-corrected chi connectivity index (χ0v) is 19.5. The Labute approximate surface area is 199 Å². The van der Waals surface area contributed by atoms with Gasteiger partial charge < -0.3 is 15.3 Å². The highest BCUT2D eigenvalue weighted by Crippen LogP contribution is 2.34. The number of anilines is 1. The number of aromatic nitrogens is 5. The van der Waals surface area contributed by atoms with Gasteiger partial charge in [-0.3, -0.25) is 9.78 Å². The Balaban J connectivity index is 1.50. The molecule has 5 rings (SSSR count). The van der Waals surface area contributed by atoms with Crippen LogP contribution in [-0.4, -0.2) is 65.9 Å². The minimum absolute atomic E-state index is 0.148. The molecule has 172 valence electrons. The number of amides is 1. The molecule has 1 aliphatic rings. The molecule has 0 aromatic carbocycles. The van der Waals surface area contributed by atoms with Crippen molar-refractivity contribution >= 4 is 28.4 Å². The van der Waals surface area contributed by atoms with Gasteiger partial charge in [0.05, 0.1) is 40.3 Å². The number of hydrogen-bond acceptors (Lipinski definition) is 9. The zero-order valence-electron chi connectivity index (χ0n) is 18.6. The van der Waals surface area contributed by atoms with E-state index in [4.69, 9.17) is 5.26 Å². The monoisotopic (exact) mass is 474 g/mol. The van der Waals surface area contributed by atoms with Crippen LogP contribution in [-0.2, 0) is 0 Å². The number of rotatable bonds is 5. The lowest BCUT2D eigenvalue weighted by atomic mass is 10.1. The summed E-state index contributed by atoms with van der Waals surface area (Å²) in [7, 11) is 0. The first-order valence-corrected chi connectivity index (χ1v) is 11.7. The van der Waals surface area contributed by atoms with Gasteiger partial charge in [-0.2, -0.15) is 10.4 Å². The molecule has 0 saturated carbocycles. The molecule has 1 amide bonds. The SMILES string of the molecule is CC(C)Nc1cc(-c2ccc3cc(C#N)cnn23)ncc1-c1nnc(C(=O)N2CC[C@H](O)C2)s1. The van der Waals surface area contributed by atoms with E-state index in [1.54, 1.807) is 21.7 Å². The van der Waals surface area contributed by atoms with Crippen molar-refractivity contribution in [3.05, 3.63) is 47.2 Å². The number of nitrogens with one attached hydrogen (secondary N) is 1. The average molecular weight is 475 g/mol. The van der Waals surface area contributed by atoms with E-state index in [1.165, 1.54) is 17.5 Å². The van der Waals surface area contributed by atoms with E-state index in [1.807, 2.05) is 32.0 Å². The number of carbonyl (C=O) groups is 1. The first-order chi connectivity index (χ1) is 16.4. The molecular weight excluding hydrogens is 452 g/mol. The summed E-state index contributed by atoms with van der Waals surface area (Å²) in [6.45, 7) is 4.91. The smallest absolute Gasteiger partial charge is 0.284 e. The number of fused-ring (bicyclic) bond motifs is 1. The molecule has 0 aliphatic carbocycles. The number of likely N-dealkylation sites (tertiary alicyclic amines) is 1. The highest BCUT2D eigenvalue weighted by molar-refractivity contribution is 7.16. The fourth-order valence-corrected chi connectivity index (χ4v) is 4.77. The number of carbonyl (C=O) groups excluding carboxylic acids is 1. The Bertz CT molecular complexity index is 1420. The standard InChI is InChI=1S/C23H22N8O2S/c1-13(2)27-18-8-19(20-4-3-15-7-14(9-24)10-26-31(15)20)25-11-17(18)21-28-29-22(34-21)23(33)30-6-5-16(32)12-30/h3-4,7-8,10-11,13,16,32H,5-6,12H2,1-2H3,(H,25,27)/t16-/m0/s1. The molecule has 11 heteroatoms. The summed E-state index contributed by atoms with van der Waals surface area (Å²) in [5, 5.41) is 35.9. The number of nitrogens with zero attached hydrogens (tertiary/aromatic N) is 7. The molecule has 2 N–H and O–H groups in total. The lowest BCUT2D eigenvalue weighted by molar-refractivity contribution is 0.0763. The summed E-state index contributed by atoms with van der Waals surface area (Å²) in [4.78, 5) is 19.0. The second-order valence-electron chi connectivity index (χ2n) is 8.43. The Morgan fingerprint density at radius 1 is 1.29 bits per heavy atom. The van der Waals surface area contributed by atoms with Gasteiger partial charge >= 0.3 is 0 Å². The average Bonchev–Trinajstić information content (AvgIpc) is 3.57. The number of aliphatic hydroxyl groups is 1. The van der Waals surface area contributed by atoms with Gasteiger partial charge in [0.25, 0.3) is 5.91 Å². The van der Waals surface area contributed by atoms with Crippen molar-refractivity contribution in [2.45, 2.75) is 32.4 Å². The topological polar surface area (TPSA) is 132 Å². The predicted octanol–water partition coefficient (Wildman–Crippen LogP) is 2.81. The van der Waals surface area contributed by atoms with E-state index in [9.17, 15) is 9.90 Å². The van der Waals surface area contributed by atoms with Crippen LogP contribution in [0.2, 0.25) is 0 Å². The van der Waals surface area contributed by atoms with E-state index < -0.39 is 6.10 Å². The van der Waals surface area contributed by atoms with Gasteiger partial charge in [0.15, 0.2) is 5.01 Å². The van der Waals surface area contributed by atoms with Crippen LogP contribution in [0, 0.1) is 11.3 Å². The Morgan fingerprint density at radius 2 is 2.15 bits per heavy atom. The Kier molecular flexibility index (Phi) is 5.69. The maximum absolute atomic E-state index is 12.7. The highest BCUT2D eigenvalue weighted by Gasteiger charge is 2.28. The predicted molar refractivity (Wildman–Crippen MR) is 127 cm³/mol. The molecule has 0 radical (unpaired) electrons.